The first-order valence-corrected chi connectivity index (χ1v) is 8.22. The van der Waals surface area contributed by atoms with Crippen LogP contribution >= 0.6 is 0 Å². The van der Waals surface area contributed by atoms with Crippen molar-refractivity contribution in [2.75, 3.05) is 18.8 Å². The number of carbonyl (C=O) groups excluding carboxylic acids is 1. The van der Waals surface area contributed by atoms with Gasteiger partial charge in [0.1, 0.15) is 5.60 Å². The Morgan fingerprint density at radius 2 is 1.96 bits per heavy atom. The summed E-state index contributed by atoms with van der Waals surface area (Å²) in [5, 5.41) is 0. The number of rotatable bonds is 1. The number of H-pyrrole nitrogens is 1. The molecule has 2 aromatic rings. The van der Waals surface area contributed by atoms with E-state index < -0.39 is 5.60 Å². The molecule has 1 fully saturated rings. The molecule has 1 aliphatic heterocycles. The number of imidazole rings is 1. The van der Waals surface area contributed by atoms with Crippen molar-refractivity contribution >= 4 is 22.8 Å². The van der Waals surface area contributed by atoms with E-state index in [1.165, 1.54) is 0 Å². The number of anilines is 1. The number of aromatic amines is 1. The predicted octanol–water partition coefficient (Wildman–Crippen LogP) is 2.48. The molecule has 130 valence electrons. The molecule has 0 aliphatic carbocycles. The second-order valence-corrected chi connectivity index (χ2v) is 7.28. The Morgan fingerprint density at radius 3 is 2.58 bits per heavy atom. The molecule has 24 heavy (non-hydrogen) atoms. The van der Waals surface area contributed by atoms with Gasteiger partial charge in [-0.05, 0) is 51.8 Å². The zero-order valence-electron chi connectivity index (χ0n) is 14.3. The lowest BCUT2D eigenvalue weighted by atomic mass is 10.0. The van der Waals surface area contributed by atoms with Crippen molar-refractivity contribution in [3.05, 3.63) is 28.7 Å². The van der Waals surface area contributed by atoms with E-state index in [1.807, 2.05) is 26.8 Å². The smallest absolute Gasteiger partial charge is 0.410 e. The number of amides is 1. The van der Waals surface area contributed by atoms with Crippen molar-refractivity contribution in [1.82, 2.24) is 14.5 Å². The minimum absolute atomic E-state index is 0.0635. The molecule has 2 heterocycles. The van der Waals surface area contributed by atoms with Crippen LogP contribution in [-0.4, -0.2) is 39.2 Å². The maximum Gasteiger partial charge on any atom is 0.410 e. The van der Waals surface area contributed by atoms with Gasteiger partial charge in [0, 0.05) is 24.8 Å². The number of ether oxygens (including phenoxy) is 1. The lowest BCUT2D eigenvalue weighted by Gasteiger charge is -2.33. The molecule has 1 aliphatic rings. The molecule has 1 aromatic heterocycles. The number of aromatic nitrogens is 2. The summed E-state index contributed by atoms with van der Waals surface area (Å²) in [5.41, 5.74) is 7.36. The average molecular weight is 332 g/mol. The summed E-state index contributed by atoms with van der Waals surface area (Å²) in [6.45, 7) is 6.72. The van der Waals surface area contributed by atoms with Crippen LogP contribution in [0.15, 0.2) is 23.0 Å². The van der Waals surface area contributed by atoms with E-state index in [9.17, 15) is 9.59 Å². The molecule has 1 aromatic carbocycles. The SMILES string of the molecule is CC(C)(C)OC(=O)N1CCC(n2c(=O)[nH]c3cc(N)ccc32)CC1. The fourth-order valence-electron chi connectivity index (χ4n) is 3.14. The highest BCUT2D eigenvalue weighted by atomic mass is 16.6. The largest absolute Gasteiger partial charge is 0.444 e. The van der Waals surface area contributed by atoms with Crippen molar-refractivity contribution in [2.45, 2.75) is 45.3 Å². The third-order valence-corrected chi connectivity index (χ3v) is 4.22. The third kappa shape index (κ3) is 3.25. The van der Waals surface area contributed by atoms with Crippen molar-refractivity contribution in [2.24, 2.45) is 0 Å². The number of nitrogens with zero attached hydrogens (tertiary/aromatic N) is 2. The molecule has 0 atom stereocenters. The predicted molar refractivity (Wildman–Crippen MR) is 93.0 cm³/mol. The maximum atomic E-state index is 12.3. The molecular formula is C17H24N4O3. The Balaban J connectivity index is 1.75. The Labute approximate surface area is 140 Å². The molecule has 3 rings (SSSR count). The first kappa shape index (κ1) is 16.4. The van der Waals surface area contributed by atoms with Gasteiger partial charge in [-0.25, -0.2) is 9.59 Å². The van der Waals surface area contributed by atoms with E-state index in [-0.39, 0.29) is 17.8 Å². The number of carbonyl (C=O) groups is 1. The summed E-state index contributed by atoms with van der Waals surface area (Å²) in [6.07, 6.45) is 1.15. The number of fused-ring (bicyclic) bond motifs is 1. The fourth-order valence-corrected chi connectivity index (χ4v) is 3.14. The van der Waals surface area contributed by atoms with E-state index >= 15 is 0 Å². The van der Waals surface area contributed by atoms with Crippen LogP contribution in [-0.2, 0) is 4.74 Å². The second kappa shape index (κ2) is 5.89. The topological polar surface area (TPSA) is 93.3 Å². The zero-order valence-corrected chi connectivity index (χ0v) is 14.3. The molecule has 7 heteroatoms. The van der Waals surface area contributed by atoms with Crippen LogP contribution < -0.4 is 11.4 Å². The van der Waals surface area contributed by atoms with Gasteiger partial charge in [0.05, 0.1) is 11.0 Å². The number of nitrogens with two attached hydrogens (primary N) is 1. The fraction of sp³-hybridized carbons (Fsp3) is 0.529. The Morgan fingerprint density at radius 1 is 1.29 bits per heavy atom. The van der Waals surface area contributed by atoms with Crippen LogP contribution in [0.4, 0.5) is 10.5 Å². The molecule has 1 amide bonds. The summed E-state index contributed by atoms with van der Waals surface area (Å²) in [7, 11) is 0. The normalized spacial score (nSPS) is 16.5. The maximum absolute atomic E-state index is 12.3. The number of hydrogen-bond acceptors (Lipinski definition) is 4. The number of piperidine rings is 1. The van der Waals surface area contributed by atoms with Gasteiger partial charge in [0.2, 0.25) is 0 Å². The van der Waals surface area contributed by atoms with Gasteiger partial charge in [-0.1, -0.05) is 0 Å². The molecular weight excluding hydrogens is 308 g/mol. The summed E-state index contributed by atoms with van der Waals surface area (Å²) in [5.74, 6) is 0. The van der Waals surface area contributed by atoms with Crippen LogP contribution in [0.2, 0.25) is 0 Å². The summed E-state index contributed by atoms with van der Waals surface area (Å²) in [4.78, 5) is 29.0. The van der Waals surface area contributed by atoms with Crippen LogP contribution in [0.5, 0.6) is 0 Å². The Kier molecular flexibility index (Phi) is 4.03. The van der Waals surface area contributed by atoms with Gasteiger partial charge >= 0.3 is 11.8 Å². The van der Waals surface area contributed by atoms with Crippen LogP contribution in [0.3, 0.4) is 0 Å². The Bertz CT molecular complexity index is 807. The molecule has 0 spiro atoms. The van der Waals surface area contributed by atoms with E-state index in [1.54, 1.807) is 21.6 Å². The number of likely N-dealkylation sites (tertiary alicyclic amines) is 1. The van der Waals surface area contributed by atoms with Gasteiger partial charge in [0.15, 0.2) is 0 Å². The van der Waals surface area contributed by atoms with Crippen molar-refractivity contribution < 1.29 is 9.53 Å². The summed E-state index contributed by atoms with van der Waals surface area (Å²) < 4.78 is 7.19. The third-order valence-electron chi connectivity index (χ3n) is 4.22. The van der Waals surface area contributed by atoms with Gasteiger partial charge in [-0.2, -0.15) is 0 Å². The molecule has 1 saturated heterocycles. The summed E-state index contributed by atoms with van der Waals surface area (Å²) >= 11 is 0. The van der Waals surface area contributed by atoms with Crippen molar-refractivity contribution in [3.63, 3.8) is 0 Å². The Hall–Kier alpha value is -2.44. The van der Waals surface area contributed by atoms with Crippen LogP contribution in [0.25, 0.3) is 11.0 Å². The summed E-state index contributed by atoms with van der Waals surface area (Å²) in [6, 6.07) is 5.49. The minimum Gasteiger partial charge on any atom is -0.444 e. The molecule has 0 radical (unpaired) electrons. The molecule has 7 nitrogen and oxygen atoms in total. The average Bonchev–Trinajstić information content (AvgIpc) is 2.80. The second-order valence-electron chi connectivity index (χ2n) is 7.28. The van der Waals surface area contributed by atoms with Crippen molar-refractivity contribution in [3.8, 4) is 0 Å². The molecule has 0 unspecified atom stereocenters. The number of benzene rings is 1. The number of hydrogen-bond donors (Lipinski definition) is 2. The molecule has 3 N–H and O–H groups in total. The first-order chi connectivity index (χ1) is 11.2. The quantitative estimate of drug-likeness (QED) is 0.785. The van der Waals surface area contributed by atoms with Gasteiger partial charge in [-0.3, -0.25) is 4.57 Å². The van der Waals surface area contributed by atoms with E-state index in [2.05, 4.69) is 4.98 Å². The number of nitrogen functional groups attached to an aromatic ring is 1. The van der Waals surface area contributed by atoms with E-state index in [0.717, 1.165) is 23.9 Å². The van der Waals surface area contributed by atoms with Crippen LogP contribution in [0.1, 0.15) is 39.7 Å². The highest BCUT2D eigenvalue weighted by Crippen LogP contribution is 2.26. The molecule has 0 bridgehead atoms. The number of nitrogens with one attached hydrogen (secondary N) is 1. The zero-order chi connectivity index (χ0) is 17.5. The van der Waals surface area contributed by atoms with Gasteiger partial charge in [-0.15, -0.1) is 0 Å². The van der Waals surface area contributed by atoms with Gasteiger partial charge in [0.25, 0.3) is 0 Å². The van der Waals surface area contributed by atoms with Gasteiger partial charge < -0.3 is 20.4 Å². The standard InChI is InChI=1S/C17H24N4O3/c1-17(2,3)24-16(23)20-8-6-12(7-9-20)21-14-5-4-11(18)10-13(14)19-15(21)22/h4-5,10,12H,6-9,18H2,1-3H3,(H,19,22). The van der Waals surface area contributed by atoms with Crippen LogP contribution in [0, 0.1) is 0 Å². The lowest BCUT2D eigenvalue weighted by molar-refractivity contribution is 0.0189. The molecule has 0 saturated carbocycles. The first-order valence-electron chi connectivity index (χ1n) is 8.22. The van der Waals surface area contributed by atoms with E-state index in [0.29, 0.717) is 18.8 Å². The highest BCUT2D eigenvalue weighted by molar-refractivity contribution is 5.79. The minimum atomic E-state index is -0.498. The monoisotopic (exact) mass is 332 g/mol. The van der Waals surface area contributed by atoms with E-state index in [4.69, 9.17) is 10.5 Å². The van der Waals surface area contributed by atoms with Crippen molar-refractivity contribution in [1.29, 1.82) is 0 Å². The highest BCUT2D eigenvalue weighted by Gasteiger charge is 2.28. The lowest BCUT2D eigenvalue weighted by Crippen LogP contribution is -2.43.